The molecule has 8 heteroatoms. The molecule has 2 atom stereocenters. The Labute approximate surface area is 102 Å². The Morgan fingerprint density at radius 1 is 1.29 bits per heavy atom. The minimum Gasteiger partial charge on any atom is -0.375 e. The van der Waals surface area contributed by atoms with Crippen LogP contribution in [0.15, 0.2) is 0 Å². The average molecular weight is 269 g/mol. The number of carbonyl (C=O) groups is 1. The Balaban J connectivity index is 2.49. The van der Waals surface area contributed by atoms with Crippen LogP contribution in [0.2, 0.25) is 0 Å². The number of rotatable bonds is 1. The molecular formula is C9H14F3N3OS. The second-order valence-corrected chi connectivity index (χ2v) is 4.52. The zero-order valence-electron chi connectivity index (χ0n) is 9.01. The number of hydrogen-bond acceptors (Lipinski definition) is 2. The van der Waals surface area contributed by atoms with Crippen molar-refractivity contribution in [3.05, 3.63) is 0 Å². The van der Waals surface area contributed by atoms with Crippen molar-refractivity contribution in [1.29, 1.82) is 0 Å². The summed E-state index contributed by atoms with van der Waals surface area (Å²) in [6.45, 7) is 0. The second-order valence-electron chi connectivity index (χ2n) is 4.08. The summed E-state index contributed by atoms with van der Waals surface area (Å²) < 4.78 is 37.5. The third-order valence-corrected chi connectivity index (χ3v) is 2.92. The molecule has 1 aliphatic rings. The van der Waals surface area contributed by atoms with Gasteiger partial charge in [-0.05, 0) is 31.5 Å². The molecule has 0 spiro atoms. The molecule has 1 saturated carbocycles. The number of nitrogens with two attached hydrogens (primary N) is 1. The van der Waals surface area contributed by atoms with Gasteiger partial charge in [0.15, 0.2) is 5.11 Å². The topological polar surface area (TPSA) is 67.2 Å². The highest BCUT2D eigenvalue weighted by molar-refractivity contribution is 7.80. The van der Waals surface area contributed by atoms with E-state index in [-0.39, 0.29) is 18.0 Å². The molecule has 0 aromatic rings. The van der Waals surface area contributed by atoms with Crippen LogP contribution in [0.5, 0.6) is 0 Å². The number of thiocarbonyl (C=S) groups is 1. The molecule has 0 heterocycles. The van der Waals surface area contributed by atoms with Crippen molar-refractivity contribution < 1.29 is 18.0 Å². The van der Waals surface area contributed by atoms with E-state index in [1.165, 1.54) is 0 Å². The summed E-state index contributed by atoms with van der Waals surface area (Å²) >= 11 is 4.47. The molecule has 0 radical (unpaired) electrons. The third-order valence-electron chi connectivity index (χ3n) is 2.82. The molecule has 17 heavy (non-hydrogen) atoms. The summed E-state index contributed by atoms with van der Waals surface area (Å²) in [4.78, 5) is 11.5. The Kier molecular flexibility index (Phi) is 4.55. The van der Waals surface area contributed by atoms with Gasteiger partial charge in [0.05, 0.1) is 5.92 Å². The summed E-state index contributed by atoms with van der Waals surface area (Å²) in [5.74, 6) is -2.53. The normalized spacial score (nSPS) is 25.1. The summed E-state index contributed by atoms with van der Waals surface area (Å²) in [6.07, 6.45) is -3.45. The van der Waals surface area contributed by atoms with Crippen molar-refractivity contribution in [3.63, 3.8) is 0 Å². The smallest absolute Gasteiger partial charge is 0.375 e. The predicted molar refractivity (Wildman–Crippen MR) is 59.6 cm³/mol. The van der Waals surface area contributed by atoms with Gasteiger partial charge in [0.25, 0.3) is 0 Å². The Bertz CT molecular complexity index is 308. The molecule has 0 aromatic heterocycles. The second kappa shape index (κ2) is 5.52. The molecule has 1 fully saturated rings. The maximum Gasteiger partial charge on any atom is 0.391 e. The zero-order valence-corrected chi connectivity index (χ0v) is 9.83. The Morgan fingerprint density at radius 3 is 2.47 bits per heavy atom. The molecule has 1 aliphatic carbocycles. The first-order valence-corrected chi connectivity index (χ1v) is 5.63. The van der Waals surface area contributed by atoms with Crippen LogP contribution < -0.4 is 16.6 Å². The lowest BCUT2D eigenvalue weighted by molar-refractivity contribution is -0.186. The van der Waals surface area contributed by atoms with Crippen LogP contribution in [0, 0.1) is 11.8 Å². The van der Waals surface area contributed by atoms with Crippen LogP contribution in [0.4, 0.5) is 13.2 Å². The Hall–Kier alpha value is -1.05. The predicted octanol–water partition coefficient (Wildman–Crippen LogP) is 1.22. The molecule has 98 valence electrons. The number of amides is 1. The van der Waals surface area contributed by atoms with E-state index in [9.17, 15) is 18.0 Å². The van der Waals surface area contributed by atoms with Crippen molar-refractivity contribution in [2.24, 2.45) is 17.6 Å². The fourth-order valence-electron chi connectivity index (χ4n) is 1.95. The third kappa shape index (κ3) is 4.37. The van der Waals surface area contributed by atoms with Gasteiger partial charge in [-0.2, -0.15) is 13.2 Å². The molecule has 0 aromatic carbocycles. The van der Waals surface area contributed by atoms with E-state index >= 15 is 0 Å². The first-order valence-electron chi connectivity index (χ1n) is 5.22. The summed E-state index contributed by atoms with van der Waals surface area (Å²) in [7, 11) is 0. The molecule has 4 N–H and O–H groups in total. The molecule has 0 aliphatic heterocycles. The lowest BCUT2D eigenvalue weighted by Gasteiger charge is -2.29. The van der Waals surface area contributed by atoms with Crippen LogP contribution >= 0.6 is 12.2 Å². The number of carbonyl (C=O) groups excluding carboxylic acids is 1. The van der Waals surface area contributed by atoms with E-state index in [2.05, 4.69) is 23.1 Å². The van der Waals surface area contributed by atoms with Crippen molar-refractivity contribution in [2.45, 2.75) is 31.9 Å². The summed E-state index contributed by atoms with van der Waals surface area (Å²) in [6, 6.07) is 0. The number of hydrogen-bond donors (Lipinski definition) is 3. The van der Waals surface area contributed by atoms with Crippen LogP contribution in [0.3, 0.4) is 0 Å². The lowest BCUT2D eigenvalue weighted by Crippen LogP contribution is -2.48. The van der Waals surface area contributed by atoms with E-state index in [0.717, 1.165) is 0 Å². The molecule has 1 amide bonds. The number of hydrazine groups is 1. The SMILES string of the molecule is NC(=S)NNC(=O)C1CCCC(C(F)(F)F)C1. The maximum atomic E-state index is 12.5. The molecular weight excluding hydrogens is 255 g/mol. The van der Waals surface area contributed by atoms with Crippen molar-refractivity contribution in [1.82, 2.24) is 10.9 Å². The fourth-order valence-corrected chi connectivity index (χ4v) is 2.00. The van der Waals surface area contributed by atoms with Crippen molar-refractivity contribution in [3.8, 4) is 0 Å². The van der Waals surface area contributed by atoms with Gasteiger partial charge in [0, 0.05) is 5.92 Å². The van der Waals surface area contributed by atoms with Gasteiger partial charge >= 0.3 is 6.18 Å². The molecule has 0 saturated heterocycles. The number of alkyl halides is 3. The molecule has 2 unspecified atom stereocenters. The van der Waals surface area contributed by atoms with Gasteiger partial charge in [-0.15, -0.1) is 0 Å². The first kappa shape index (κ1) is 14.0. The van der Waals surface area contributed by atoms with Gasteiger partial charge in [-0.1, -0.05) is 6.42 Å². The van der Waals surface area contributed by atoms with E-state index < -0.39 is 23.9 Å². The molecule has 1 rings (SSSR count). The highest BCUT2D eigenvalue weighted by atomic mass is 32.1. The van der Waals surface area contributed by atoms with Gasteiger partial charge in [-0.25, -0.2) is 0 Å². The summed E-state index contributed by atoms with van der Waals surface area (Å²) in [5.41, 5.74) is 9.52. The highest BCUT2D eigenvalue weighted by Crippen LogP contribution is 2.39. The minimum absolute atomic E-state index is 0.0933. The van der Waals surface area contributed by atoms with Crippen LogP contribution in [0.25, 0.3) is 0 Å². The van der Waals surface area contributed by atoms with Crippen LogP contribution in [0.1, 0.15) is 25.7 Å². The number of halogens is 3. The van der Waals surface area contributed by atoms with Gasteiger partial charge < -0.3 is 5.73 Å². The molecule has 4 nitrogen and oxygen atoms in total. The van der Waals surface area contributed by atoms with Gasteiger partial charge in [0.2, 0.25) is 5.91 Å². The zero-order chi connectivity index (χ0) is 13.1. The summed E-state index contributed by atoms with van der Waals surface area (Å²) in [5, 5.41) is -0.124. The van der Waals surface area contributed by atoms with E-state index in [4.69, 9.17) is 5.73 Å². The van der Waals surface area contributed by atoms with Crippen LogP contribution in [-0.2, 0) is 4.79 Å². The van der Waals surface area contributed by atoms with Gasteiger partial charge in [0.1, 0.15) is 0 Å². The lowest BCUT2D eigenvalue weighted by atomic mass is 9.80. The van der Waals surface area contributed by atoms with Crippen molar-refractivity contribution in [2.75, 3.05) is 0 Å². The standard InChI is InChI=1S/C9H14F3N3OS/c10-9(11,12)6-3-1-2-5(4-6)7(16)14-15-8(13)17/h5-6H,1-4H2,(H,14,16)(H3,13,15,17). The maximum absolute atomic E-state index is 12.5. The van der Waals surface area contributed by atoms with Gasteiger partial charge in [-0.3, -0.25) is 15.6 Å². The largest absolute Gasteiger partial charge is 0.391 e. The fraction of sp³-hybridized carbons (Fsp3) is 0.778. The Morgan fingerprint density at radius 2 is 1.94 bits per heavy atom. The van der Waals surface area contributed by atoms with E-state index in [1.807, 2.05) is 0 Å². The monoisotopic (exact) mass is 269 g/mol. The number of nitrogens with one attached hydrogen (secondary N) is 2. The highest BCUT2D eigenvalue weighted by Gasteiger charge is 2.43. The van der Waals surface area contributed by atoms with E-state index in [1.54, 1.807) is 0 Å². The van der Waals surface area contributed by atoms with Crippen molar-refractivity contribution >= 4 is 23.2 Å². The van der Waals surface area contributed by atoms with Crippen LogP contribution in [-0.4, -0.2) is 17.2 Å². The average Bonchev–Trinajstić information content (AvgIpc) is 2.25. The first-order chi connectivity index (χ1) is 7.80. The minimum atomic E-state index is -4.23. The van der Waals surface area contributed by atoms with E-state index in [0.29, 0.717) is 12.8 Å². The molecule has 0 bridgehead atoms. The quantitative estimate of drug-likeness (QED) is 0.494.